The largest absolute Gasteiger partial charge is 0.422 e. The van der Waals surface area contributed by atoms with Gasteiger partial charge in [-0.25, -0.2) is 4.79 Å². The molecule has 0 saturated carbocycles. The number of nitrogens with zero attached hydrogens (tertiary/aromatic N) is 1. The normalized spacial score (nSPS) is 12.6. The number of hydrogen-bond donors (Lipinski definition) is 0. The van der Waals surface area contributed by atoms with E-state index >= 15 is 0 Å². The lowest BCUT2D eigenvalue weighted by atomic mass is 10.1. The van der Waals surface area contributed by atoms with Crippen molar-refractivity contribution in [2.75, 3.05) is 18.0 Å². The SMILES string of the molecule is CCN(CC)c1ccc2c(CO[Si](C)(C)C(C)(C)C)c(Br)c(=O)oc2c1. The van der Waals surface area contributed by atoms with E-state index in [9.17, 15) is 4.79 Å². The fourth-order valence-corrected chi connectivity index (χ4v) is 3.97. The van der Waals surface area contributed by atoms with Crippen LogP contribution in [-0.2, 0) is 11.0 Å². The third kappa shape index (κ3) is 4.23. The van der Waals surface area contributed by atoms with Crippen LogP contribution in [-0.4, -0.2) is 21.4 Å². The molecule has 0 N–H and O–H groups in total. The average molecular weight is 440 g/mol. The number of benzene rings is 1. The summed E-state index contributed by atoms with van der Waals surface area (Å²) in [5.41, 5.74) is 2.18. The van der Waals surface area contributed by atoms with E-state index in [2.05, 4.69) is 74.6 Å². The third-order valence-electron chi connectivity index (χ3n) is 5.45. The summed E-state index contributed by atoms with van der Waals surface area (Å²) in [6.45, 7) is 17.5. The summed E-state index contributed by atoms with van der Waals surface area (Å²) >= 11 is 3.41. The molecule has 0 radical (unpaired) electrons. The number of rotatable bonds is 6. The van der Waals surface area contributed by atoms with Crippen LogP contribution in [0.4, 0.5) is 5.69 Å². The molecule has 0 aliphatic rings. The molecule has 0 saturated heterocycles. The molecule has 0 spiro atoms. The number of fused-ring (bicyclic) bond motifs is 1. The van der Waals surface area contributed by atoms with E-state index in [-0.39, 0.29) is 10.7 Å². The zero-order valence-corrected chi connectivity index (χ0v) is 19.5. The summed E-state index contributed by atoms with van der Waals surface area (Å²) in [4.78, 5) is 14.6. The molecule has 0 aliphatic carbocycles. The minimum atomic E-state index is -1.92. The first-order chi connectivity index (χ1) is 12.0. The second-order valence-electron chi connectivity index (χ2n) is 8.08. The fraction of sp³-hybridized carbons (Fsp3) is 0.550. The Hall–Kier alpha value is -1.11. The van der Waals surface area contributed by atoms with Crippen LogP contribution in [0.2, 0.25) is 18.1 Å². The van der Waals surface area contributed by atoms with Crippen LogP contribution in [0.1, 0.15) is 40.2 Å². The van der Waals surface area contributed by atoms with Gasteiger partial charge in [0.25, 0.3) is 0 Å². The standard InChI is InChI=1S/C20H30BrNO3Si/c1-8-22(9-2)14-10-11-15-16(13-24-26(6,7)20(3,4)5)18(21)19(23)25-17(15)12-14/h10-12H,8-9,13H2,1-7H3. The quantitative estimate of drug-likeness (QED) is 0.413. The molecule has 144 valence electrons. The highest BCUT2D eigenvalue weighted by atomic mass is 79.9. The van der Waals surface area contributed by atoms with Gasteiger partial charge in [-0.2, -0.15) is 0 Å². The Morgan fingerprint density at radius 3 is 2.35 bits per heavy atom. The van der Waals surface area contributed by atoms with E-state index in [1.54, 1.807) is 0 Å². The van der Waals surface area contributed by atoms with Crippen molar-refractivity contribution in [1.29, 1.82) is 0 Å². The highest BCUT2D eigenvalue weighted by molar-refractivity contribution is 9.10. The molecule has 2 rings (SSSR count). The van der Waals surface area contributed by atoms with Gasteiger partial charge < -0.3 is 13.7 Å². The van der Waals surface area contributed by atoms with E-state index in [1.165, 1.54) is 0 Å². The van der Waals surface area contributed by atoms with Crippen LogP contribution >= 0.6 is 15.9 Å². The summed E-state index contributed by atoms with van der Waals surface area (Å²) in [6, 6.07) is 6.06. The molecule has 1 heterocycles. The van der Waals surface area contributed by atoms with Crippen molar-refractivity contribution >= 4 is 40.9 Å². The summed E-state index contributed by atoms with van der Waals surface area (Å²) in [6.07, 6.45) is 0. The van der Waals surface area contributed by atoms with Gasteiger partial charge in [-0.1, -0.05) is 20.8 Å². The van der Waals surface area contributed by atoms with Crippen LogP contribution in [0, 0.1) is 0 Å². The van der Waals surface area contributed by atoms with Crippen molar-refractivity contribution < 1.29 is 8.84 Å². The van der Waals surface area contributed by atoms with Crippen LogP contribution in [0.15, 0.2) is 31.9 Å². The maximum absolute atomic E-state index is 12.3. The summed E-state index contributed by atoms with van der Waals surface area (Å²) in [7, 11) is -1.92. The maximum Gasteiger partial charge on any atom is 0.351 e. The fourth-order valence-electron chi connectivity index (χ4n) is 2.63. The highest BCUT2D eigenvalue weighted by Gasteiger charge is 2.37. The monoisotopic (exact) mass is 439 g/mol. The van der Waals surface area contributed by atoms with Gasteiger partial charge in [0.05, 0.1) is 6.61 Å². The second kappa shape index (κ2) is 7.86. The maximum atomic E-state index is 12.3. The van der Waals surface area contributed by atoms with Gasteiger partial charge in [-0.3, -0.25) is 0 Å². The van der Waals surface area contributed by atoms with Crippen LogP contribution < -0.4 is 10.5 Å². The molecule has 0 bridgehead atoms. The average Bonchev–Trinajstić information content (AvgIpc) is 2.55. The van der Waals surface area contributed by atoms with Crippen molar-refractivity contribution in [3.05, 3.63) is 38.7 Å². The van der Waals surface area contributed by atoms with Crippen molar-refractivity contribution in [1.82, 2.24) is 0 Å². The van der Waals surface area contributed by atoms with E-state index in [1.807, 2.05) is 12.1 Å². The van der Waals surface area contributed by atoms with Crippen molar-refractivity contribution in [2.24, 2.45) is 0 Å². The van der Waals surface area contributed by atoms with Gasteiger partial charge in [-0.15, -0.1) is 0 Å². The topological polar surface area (TPSA) is 42.7 Å². The van der Waals surface area contributed by atoms with E-state index in [4.69, 9.17) is 8.84 Å². The number of halogens is 1. The molecule has 0 fully saturated rings. The van der Waals surface area contributed by atoms with Crippen molar-refractivity contribution in [3.8, 4) is 0 Å². The van der Waals surface area contributed by atoms with E-state index in [0.29, 0.717) is 16.7 Å². The molecule has 0 aliphatic heterocycles. The molecule has 0 atom stereocenters. The molecule has 4 nitrogen and oxygen atoms in total. The smallest absolute Gasteiger partial charge is 0.351 e. The molecule has 1 aromatic carbocycles. The lowest BCUT2D eigenvalue weighted by Gasteiger charge is -2.36. The first kappa shape index (κ1) is 21.2. The van der Waals surface area contributed by atoms with E-state index in [0.717, 1.165) is 29.7 Å². The second-order valence-corrected chi connectivity index (χ2v) is 13.7. The van der Waals surface area contributed by atoms with Crippen LogP contribution in [0.3, 0.4) is 0 Å². The number of anilines is 1. The summed E-state index contributed by atoms with van der Waals surface area (Å²) < 4.78 is 12.4. The Bertz CT molecular complexity index is 835. The van der Waals surface area contributed by atoms with Crippen LogP contribution in [0.25, 0.3) is 11.0 Å². The van der Waals surface area contributed by atoms with Gasteiger partial charge in [-0.05, 0) is 60.0 Å². The van der Waals surface area contributed by atoms with Gasteiger partial charge in [0.15, 0.2) is 8.32 Å². The Balaban J connectivity index is 2.49. The molecule has 1 aromatic heterocycles. The van der Waals surface area contributed by atoms with Gasteiger partial charge >= 0.3 is 5.63 Å². The first-order valence-electron chi connectivity index (χ1n) is 9.16. The Morgan fingerprint density at radius 1 is 1.19 bits per heavy atom. The van der Waals surface area contributed by atoms with Crippen LogP contribution in [0.5, 0.6) is 0 Å². The minimum absolute atomic E-state index is 0.116. The lowest BCUT2D eigenvalue weighted by Crippen LogP contribution is -2.40. The van der Waals surface area contributed by atoms with E-state index < -0.39 is 8.32 Å². The molecule has 2 aromatic rings. The highest BCUT2D eigenvalue weighted by Crippen LogP contribution is 2.38. The molecule has 26 heavy (non-hydrogen) atoms. The number of hydrogen-bond acceptors (Lipinski definition) is 4. The summed E-state index contributed by atoms with van der Waals surface area (Å²) in [5, 5.41) is 1.04. The Labute approximate surface area is 165 Å². The summed E-state index contributed by atoms with van der Waals surface area (Å²) in [5.74, 6) is 0. The van der Waals surface area contributed by atoms with Crippen molar-refractivity contribution in [3.63, 3.8) is 0 Å². The zero-order valence-electron chi connectivity index (χ0n) is 16.9. The predicted molar refractivity (Wildman–Crippen MR) is 116 cm³/mol. The predicted octanol–water partition coefficient (Wildman–Crippen LogP) is 5.92. The molecular weight excluding hydrogens is 410 g/mol. The van der Waals surface area contributed by atoms with Gasteiger partial charge in [0.2, 0.25) is 0 Å². The van der Waals surface area contributed by atoms with Gasteiger partial charge in [0.1, 0.15) is 10.1 Å². The molecule has 6 heteroatoms. The van der Waals surface area contributed by atoms with Crippen molar-refractivity contribution in [2.45, 2.75) is 59.4 Å². The zero-order chi connectivity index (χ0) is 19.7. The molecule has 0 unspecified atom stereocenters. The molecular formula is C20H30BrNO3Si. The Morgan fingerprint density at radius 2 is 1.81 bits per heavy atom. The van der Waals surface area contributed by atoms with Gasteiger partial charge in [0, 0.05) is 35.8 Å². The minimum Gasteiger partial charge on any atom is -0.422 e. The molecule has 0 amide bonds. The third-order valence-corrected chi connectivity index (χ3v) is 10.7. The lowest BCUT2D eigenvalue weighted by molar-refractivity contribution is 0.276. The Kier molecular flexibility index (Phi) is 6.41. The first-order valence-corrected chi connectivity index (χ1v) is 12.9.